The van der Waals surface area contributed by atoms with Crippen LogP contribution in [0, 0.1) is 17.8 Å². The molecule has 4 aliphatic carbocycles. The molecule has 8 rings (SSSR count). The van der Waals surface area contributed by atoms with Crippen molar-refractivity contribution in [3.05, 3.63) is 132 Å². The summed E-state index contributed by atoms with van der Waals surface area (Å²) in [5.74, 6) is 1.85. The van der Waals surface area contributed by atoms with Crippen molar-refractivity contribution in [2.75, 3.05) is 0 Å². The Morgan fingerprint density at radius 1 is 0.698 bits per heavy atom. The molecule has 1 heteroatoms. The van der Waals surface area contributed by atoms with Gasteiger partial charge in [-0.1, -0.05) is 128 Å². The molecular formula is C42H43N. The molecule has 1 heterocycles. The van der Waals surface area contributed by atoms with Crippen molar-refractivity contribution in [1.29, 1.82) is 0 Å². The largest absolute Gasteiger partial charge is 0.290 e. The van der Waals surface area contributed by atoms with Crippen molar-refractivity contribution in [2.24, 2.45) is 17.8 Å². The van der Waals surface area contributed by atoms with Gasteiger partial charge in [0, 0.05) is 18.1 Å². The first-order valence-electron chi connectivity index (χ1n) is 16.7. The van der Waals surface area contributed by atoms with Crippen molar-refractivity contribution in [2.45, 2.75) is 70.0 Å². The lowest BCUT2D eigenvalue weighted by Crippen LogP contribution is -2.57. The molecular weight excluding hydrogens is 518 g/mol. The molecule has 0 saturated carbocycles. The molecule has 1 saturated heterocycles. The van der Waals surface area contributed by atoms with E-state index in [0.29, 0.717) is 35.9 Å². The highest BCUT2D eigenvalue weighted by Gasteiger charge is 2.42. The van der Waals surface area contributed by atoms with Gasteiger partial charge in [0.2, 0.25) is 0 Å². The monoisotopic (exact) mass is 561 g/mol. The zero-order chi connectivity index (χ0) is 28.8. The molecule has 0 bridgehead atoms. The summed E-state index contributed by atoms with van der Waals surface area (Å²) >= 11 is 0. The highest BCUT2D eigenvalue weighted by molar-refractivity contribution is 6.07. The molecule has 1 fully saturated rings. The molecule has 0 N–H and O–H groups in total. The fraction of sp³-hybridized carbons (Fsp3) is 0.333. The smallest absolute Gasteiger partial charge is 0.0350 e. The number of likely N-dealkylation sites (tertiary alicyclic amines) is 1. The first-order chi connectivity index (χ1) is 21.3. The van der Waals surface area contributed by atoms with Crippen LogP contribution in [-0.2, 0) is 6.42 Å². The second-order valence-corrected chi connectivity index (χ2v) is 13.5. The van der Waals surface area contributed by atoms with Crippen LogP contribution in [0.15, 0.2) is 115 Å². The predicted octanol–water partition coefficient (Wildman–Crippen LogP) is 10.4. The normalized spacial score (nSPS) is 29.8. The number of hydrogen-bond donors (Lipinski definition) is 0. The van der Waals surface area contributed by atoms with Crippen molar-refractivity contribution < 1.29 is 0 Å². The van der Waals surface area contributed by atoms with E-state index in [-0.39, 0.29) is 0 Å². The van der Waals surface area contributed by atoms with E-state index in [4.69, 9.17) is 0 Å². The molecule has 3 aromatic rings. The van der Waals surface area contributed by atoms with Crippen molar-refractivity contribution in [3.63, 3.8) is 0 Å². The topological polar surface area (TPSA) is 3.24 Å². The molecule has 1 nitrogen and oxygen atoms in total. The van der Waals surface area contributed by atoms with Gasteiger partial charge in [0.1, 0.15) is 0 Å². The number of fused-ring (bicyclic) bond motifs is 3. The number of nitrogens with zero attached hydrogens (tertiary/aromatic N) is 1. The van der Waals surface area contributed by atoms with Crippen LogP contribution in [0.4, 0.5) is 0 Å². The van der Waals surface area contributed by atoms with Gasteiger partial charge in [-0.3, -0.25) is 4.90 Å². The van der Waals surface area contributed by atoms with E-state index >= 15 is 0 Å². The fourth-order valence-corrected chi connectivity index (χ4v) is 8.96. The molecule has 0 spiro atoms. The van der Waals surface area contributed by atoms with Gasteiger partial charge in [-0.2, -0.15) is 0 Å². The Morgan fingerprint density at radius 3 is 2.26 bits per heavy atom. The molecule has 0 radical (unpaired) electrons. The third kappa shape index (κ3) is 4.83. The van der Waals surface area contributed by atoms with Crippen molar-refractivity contribution >= 4 is 22.4 Å². The second kappa shape index (κ2) is 11.4. The minimum Gasteiger partial charge on any atom is -0.290 e. The zero-order valence-electron chi connectivity index (χ0n) is 25.4. The minimum absolute atomic E-state index is 0.535. The first kappa shape index (κ1) is 26.9. The lowest BCUT2D eigenvalue weighted by Gasteiger charge is -2.52. The number of rotatable bonds is 4. The predicted molar refractivity (Wildman–Crippen MR) is 184 cm³/mol. The SMILES string of the molecule is CC1C=Cc2c(c(C3=CCC(N4C5C=CC=CC5CCC4C4C=CC=CC4)CC3)c3ccccc3c2-c2ccccc2)C1. The maximum absolute atomic E-state index is 2.98. The Balaban J connectivity index is 1.20. The molecule has 43 heavy (non-hydrogen) atoms. The Hall–Kier alpha value is -3.68. The van der Waals surface area contributed by atoms with Crippen LogP contribution in [0.3, 0.4) is 0 Å². The van der Waals surface area contributed by atoms with E-state index in [9.17, 15) is 0 Å². The molecule has 1 aliphatic heterocycles. The lowest BCUT2D eigenvalue weighted by atomic mass is 9.74. The van der Waals surface area contributed by atoms with Gasteiger partial charge in [-0.15, -0.1) is 0 Å². The molecule has 0 aromatic heterocycles. The van der Waals surface area contributed by atoms with Gasteiger partial charge in [0.05, 0.1) is 0 Å². The van der Waals surface area contributed by atoms with Crippen LogP contribution in [0.5, 0.6) is 0 Å². The summed E-state index contributed by atoms with van der Waals surface area (Å²) in [6.45, 7) is 2.37. The van der Waals surface area contributed by atoms with Gasteiger partial charge in [0.25, 0.3) is 0 Å². The molecule has 6 unspecified atom stereocenters. The highest BCUT2D eigenvalue weighted by atomic mass is 15.2. The Kier molecular flexibility index (Phi) is 7.16. The van der Waals surface area contributed by atoms with Crippen LogP contribution in [0.1, 0.15) is 62.1 Å². The molecule has 5 aliphatic rings. The number of piperidine rings is 1. The van der Waals surface area contributed by atoms with Crippen molar-refractivity contribution in [3.8, 4) is 11.1 Å². The van der Waals surface area contributed by atoms with Crippen LogP contribution in [0.25, 0.3) is 33.5 Å². The minimum atomic E-state index is 0.535. The Morgan fingerprint density at radius 2 is 1.47 bits per heavy atom. The standard InChI is InChI=1S/C42H43N/c1-29-20-26-37-38(28-29)42(36-18-10-9-17-35(36)41(37)32-15-6-3-7-16-32)33-21-24-34(25-22-33)43-39-19-11-8-14-31(39)23-27-40(43)30-12-4-2-5-13-30/h2-12,14-21,26,29-31,34,39-40H,13,22-25,27-28H2,1H3. The second-order valence-electron chi connectivity index (χ2n) is 13.5. The highest BCUT2D eigenvalue weighted by Crippen LogP contribution is 2.47. The molecule has 216 valence electrons. The van der Waals surface area contributed by atoms with E-state index < -0.39 is 0 Å². The first-order valence-corrected chi connectivity index (χ1v) is 16.7. The molecule has 0 amide bonds. The maximum Gasteiger partial charge on any atom is 0.0350 e. The van der Waals surface area contributed by atoms with E-state index in [0.717, 1.165) is 19.3 Å². The van der Waals surface area contributed by atoms with Gasteiger partial charge in [0.15, 0.2) is 0 Å². The summed E-state index contributed by atoms with van der Waals surface area (Å²) in [6, 6.07) is 22.0. The number of allylic oxidation sites excluding steroid dienone is 7. The van der Waals surface area contributed by atoms with E-state index in [1.54, 1.807) is 11.1 Å². The maximum atomic E-state index is 2.98. The van der Waals surface area contributed by atoms with Crippen LogP contribution in [0.2, 0.25) is 0 Å². The quantitative estimate of drug-likeness (QED) is 0.306. The summed E-state index contributed by atoms with van der Waals surface area (Å²) in [6.07, 6.45) is 34.9. The van der Waals surface area contributed by atoms with Crippen LogP contribution in [-0.4, -0.2) is 23.0 Å². The summed E-state index contributed by atoms with van der Waals surface area (Å²) in [7, 11) is 0. The van der Waals surface area contributed by atoms with E-state index in [2.05, 4.69) is 133 Å². The van der Waals surface area contributed by atoms with Gasteiger partial charge >= 0.3 is 0 Å². The van der Waals surface area contributed by atoms with E-state index in [1.165, 1.54) is 58.7 Å². The van der Waals surface area contributed by atoms with Gasteiger partial charge in [-0.25, -0.2) is 0 Å². The summed E-state index contributed by atoms with van der Waals surface area (Å²) in [5, 5.41) is 2.82. The molecule has 6 atom stereocenters. The summed E-state index contributed by atoms with van der Waals surface area (Å²) < 4.78 is 0. The van der Waals surface area contributed by atoms with Crippen LogP contribution >= 0.6 is 0 Å². The van der Waals surface area contributed by atoms with Gasteiger partial charge < -0.3 is 0 Å². The number of benzene rings is 3. The average Bonchev–Trinajstić information content (AvgIpc) is 3.07. The Bertz CT molecular complexity index is 1700. The third-order valence-corrected chi connectivity index (χ3v) is 10.9. The lowest BCUT2D eigenvalue weighted by molar-refractivity contribution is 0.0138. The average molecular weight is 562 g/mol. The van der Waals surface area contributed by atoms with E-state index in [1.807, 2.05) is 0 Å². The molecule has 3 aromatic carbocycles. The Labute approximate surface area is 257 Å². The summed E-state index contributed by atoms with van der Waals surface area (Å²) in [4.78, 5) is 2.98. The third-order valence-electron chi connectivity index (χ3n) is 10.9. The summed E-state index contributed by atoms with van der Waals surface area (Å²) in [5.41, 5.74) is 8.85. The van der Waals surface area contributed by atoms with Crippen LogP contribution < -0.4 is 0 Å². The van der Waals surface area contributed by atoms with Crippen molar-refractivity contribution in [1.82, 2.24) is 4.90 Å². The number of hydrogen-bond acceptors (Lipinski definition) is 1. The zero-order valence-corrected chi connectivity index (χ0v) is 25.4. The van der Waals surface area contributed by atoms with Gasteiger partial charge in [-0.05, 0) is 107 Å². The fourth-order valence-electron chi connectivity index (χ4n) is 8.96.